The molecule has 1 heterocycles. The van der Waals surface area contributed by atoms with E-state index in [0.29, 0.717) is 25.0 Å². The maximum absolute atomic E-state index is 12.2. The van der Waals surface area contributed by atoms with Gasteiger partial charge in [0.25, 0.3) is 0 Å². The first-order valence-electron chi connectivity index (χ1n) is 11.6. The summed E-state index contributed by atoms with van der Waals surface area (Å²) in [6.07, 6.45) is 4.50. The van der Waals surface area contributed by atoms with Crippen LogP contribution in [0.4, 0.5) is 5.82 Å². The number of anilines is 1. The number of fused-ring (bicyclic) bond motifs is 2. The van der Waals surface area contributed by atoms with Gasteiger partial charge < -0.3 is 24.3 Å². The lowest BCUT2D eigenvalue weighted by molar-refractivity contribution is -0.157. The molecule has 178 valence electrons. The van der Waals surface area contributed by atoms with Crippen molar-refractivity contribution < 1.29 is 23.7 Å². The Morgan fingerprint density at radius 1 is 1.03 bits per heavy atom. The molecule has 3 aliphatic carbocycles. The fraction of sp³-hybridized carbons (Fsp3) is 0.407. The van der Waals surface area contributed by atoms with Gasteiger partial charge in [-0.15, -0.1) is 0 Å². The standard InChI is InChI=1S/C27H30N2O5/c1-31-20-8-7-17(24(11-20)32-2)15-29-25-22-5-4-6-23(21(22)9-10-28-25)34-16-19-14-27(26(30)33-3)12-18(19)13-27/h4-11,18-19H,12-16H2,1-3H3,(H,28,29). The zero-order chi connectivity index (χ0) is 23.7. The van der Waals surface area contributed by atoms with Crippen molar-refractivity contribution in [3.8, 4) is 17.2 Å². The molecule has 1 atom stereocenters. The summed E-state index contributed by atoms with van der Waals surface area (Å²) < 4.78 is 22.1. The van der Waals surface area contributed by atoms with Gasteiger partial charge in [0.05, 0.1) is 33.4 Å². The van der Waals surface area contributed by atoms with E-state index >= 15 is 0 Å². The number of nitrogens with one attached hydrogen (secondary N) is 1. The van der Waals surface area contributed by atoms with Crippen LogP contribution in [0, 0.1) is 17.3 Å². The molecule has 2 bridgehead atoms. The van der Waals surface area contributed by atoms with Crippen molar-refractivity contribution in [2.75, 3.05) is 33.3 Å². The van der Waals surface area contributed by atoms with Crippen LogP contribution >= 0.6 is 0 Å². The van der Waals surface area contributed by atoms with Gasteiger partial charge in [-0.25, -0.2) is 4.98 Å². The van der Waals surface area contributed by atoms with E-state index in [0.717, 1.165) is 58.7 Å². The zero-order valence-electron chi connectivity index (χ0n) is 19.8. The fourth-order valence-electron chi connectivity index (χ4n) is 5.59. The number of aromatic nitrogens is 1. The first-order valence-corrected chi connectivity index (χ1v) is 11.6. The van der Waals surface area contributed by atoms with Crippen LogP contribution in [0.3, 0.4) is 0 Å². The van der Waals surface area contributed by atoms with Gasteiger partial charge in [0, 0.05) is 35.1 Å². The highest BCUT2D eigenvalue weighted by Crippen LogP contribution is 2.62. The maximum Gasteiger partial charge on any atom is 0.311 e. The van der Waals surface area contributed by atoms with E-state index < -0.39 is 0 Å². The van der Waals surface area contributed by atoms with Crippen molar-refractivity contribution in [1.29, 1.82) is 0 Å². The minimum absolute atomic E-state index is 0.0632. The number of pyridine rings is 1. The maximum atomic E-state index is 12.2. The molecule has 1 unspecified atom stereocenters. The van der Waals surface area contributed by atoms with Crippen LogP contribution in [0.2, 0.25) is 0 Å². The Kier molecular flexibility index (Phi) is 5.94. The molecule has 2 aromatic carbocycles. The van der Waals surface area contributed by atoms with Gasteiger partial charge in [0.2, 0.25) is 0 Å². The molecule has 3 aliphatic rings. The number of benzene rings is 2. The van der Waals surface area contributed by atoms with E-state index in [1.54, 1.807) is 20.4 Å². The van der Waals surface area contributed by atoms with E-state index in [-0.39, 0.29) is 11.4 Å². The Bertz CT molecular complexity index is 1200. The van der Waals surface area contributed by atoms with Gasteiger partial charge in [-0.2, -0.15) is 0 Å². The summed E-state index contributed by atoms with van der Waals surface area (Å²) in [6.45, 7) is 1.17. The van der Waals surface area contributed by atoms with E-state index in [2.05, 4.69) is 10.3 Å². The third-order valence-electron chi connectivity index (χ3n) is 7.40. The van der Waals surface area contributed by atoms with Crippen LogP contribution in [0.25, 0.3) is 10.8 Å². The third kappa shape index (κ3) is 3.89. The Balaban J connectivity index is 1.30. The molecular weight excluding hydrogens is 432 g/mol. The molecule has 1 N–H and O–H groups in total. The summed E-state index contributed by atoms with van der Waals surface area (Å²) in [4.78, 5) is 16.7. The predicted molar refractivity (Wildman–Crippen MR) is 129 cm³/mol. The second kappa shape index (κ2) is 9.05. The highest BCUT2D eigenvalue weighted by molar-refractivity contribution is 5.95. The number of methoxy groups -OCH3 is 3. The first kappa shape index (κ1) is 22.3. The highest BCUT2D eigenvalue weighted by atomic mass is 16.5. The molecule has 0 aliphatic heterocycles. The van der Waals surface area contributed by atoms with Crippen molar-refractivity contribution in [1.82, 2.24) is 4.98 Å². The Morgan fingerprint density at radius 3 is 2.65 bits per heavy atom. The number of ether oxygens (including phenoxy) is 4. The summed E-state index contributed by atoms with van der Waals surface area (Å²) in [7, 11) is 4.77. The lowest BCUT2D eigenvalue weighted by Gasteiger charge is -2.35. The summed E-state index contributed by atoms with van der Waals surface area (Å²) in [5.74, 6) is 4.00. The Labute approximate surface area is 199 Å². The van der Waals surface area contributed by atoms with Gasteiger partial charge in [-0.05, 0) is 55.4 Å². The van der Waals surface area contributed by atoms with E-state index in [4.69, 9.17) is 18.9 Å². The van der Waals surface area contributed by atoms with Crippen molar-refractivity contribution in [2.45, 2.75) is 25.8 Å². The monoisotopic (exact) mass is 462 g/mol. The molecule has 0 amide bonds. The smallest absolute Gasteiger partial charge is 0.311 e. The van der Waals surface area contributed by atoms with Gasteiger partial charge in [0.1, 0.15) is 23.1 Å². The normalized spacial score (nSPS) is 22.7. The number of esters is 1. The summed E-state index contributed by atoms with van der Waals surface area (Å²) in [5.41, 5.74) is 0.740. The van der Waals surface area contributed by atoms with Crippen LogP contribution in [-0.2, 0) is 16.1 Å². The zero-order valence-corrected chi connectivity index (χ0v) is 19.8. The summed E-state index contributed by atoms with van der Waals surface area (Å²) in [5, 5.41) is 5.44. The number of rotatable bonds is 9. The topological polar surface area (TPSA) is 78.9 Å². The first-order chi connectivity index (χ1) is 16.6. The minimum Gasteiger partial charge on any atom is -0.497 e. The highest BCUT2D eigenvalue weighted by Gasteiger charge is 2.61. The van der Waals surface area contributed by atoms with Crippen molar-refractivity contribution in [2.24, 2.45) is 17.3 Å². The molecule has 1 aromatic heterocycles. The molecule has 6 rings (SSSR count). The molecule has 7 nitrogen and oxygen atoms in total. The quantitative estimate of drug-likeness (QED) is 0.456. The van der Waals surface area contributed by atoms with Crippen LogP contribution < -0.4 is 19.5 Å². The Morgan fingerprint density at radius 2 is 1.88 bits per heavy atom. The number of hydrogen-bond donors (Lipinski definition) is 1. The molecule has 3 aromatic rings. The molecule has 3 fully saturated rings. The number of carbonyl (C=O) groups excluding carboxylic acids is 1. The molecule has 0 radical (unpaired) electrons. The second-order valence-corrected chi connectivity index (χ2v) is 9.26. The Hall–Kier alpha value is -3.48. The number of nitrogens with zero attached hydrogens (tertiary/aromatic N) is 1. The molecule has 0 spiro atoms. The van der Waals surface area contributed by atoms with Crippen molar-refractivity contribution in [3.63, 3.8) is 0 Å². The van der Waals surface area contributed by atoms with Gasteiger partial charge in [-0.1, -0.05) is 12.1 Å². The summed E-state index contributed by atoms with van der Waals surface area (Å²) >= 11 is 0. The van der Waals surface area contributed by atoms with Crippen LogP contribution in [0.15, 0.2) is 48.7 Å². The van der Waals surface area contributed by atoms with E-state index in [9.17, 15) is 4.79 Å². The average molecular weight is 463 g/mol. The van der Waals surface area contributed by atoms with Crippen LogP contribution in [0.1, 0.15) is 24.8 Å². The third-order valence-corrected chi connectivity index (χ3v) is 7.40. The van der Waals surface area contributed by atoms with Gasteiger partial charge >= 0.3 is 5.97 Å². The number of hydrogen-bond acceptors (Lipinski definition) is 7. The number of carbonyl (C=O) groups is 1. The van der Waals surface area contributed by atoms with Crippen LogP contribution in [-0.4, -0.2) is 38.9 Å². The predicted octanol–water partition coefficient (Wildman–Crippen LogP) is 4.83. The largest absolute Gasteiger partial charge is 0.497 e. The molecule has 34 heavy (non-hydrogen) atoms. The van der Waals surface area contributed by atoms with Crippen LogP contribution in [0.5, 0.6) is 17.2 Å². The van der Waals surface area contributed by atoms with Crippen molar-refractivity contribution in [3.05, 3.63) is 54.2 Å². The van der Waals surface area contributed by atoms with Gasteiger partial charge in [-0.3, -0.25) is 4.79 Å². The van der Waals surface area contributed by atoms with Gasteiger partial charge in [0.15, 0.2) is 0 Å². The molecule has 7 heteroatoms. The van der Waals surface area contributed by atoms with E-state index in [1.807, 2.05) is 42.5 Å². The van der Waals surface area contributed by atoms with E-state index in [1.165, 1.54) is 7.11 Å². The molecule has 0 saturated heterocycles. The summed E-state index contributed by atoms with van der Waals surface area (Å²) in [6, 6.07) is 13.8. The molecular formula is C27H30N2O5. The fourth-order valence-corrected chi connectivity index (χ4v) is 5.59. The lowest BCUT2D eigenvalue weighted by Crippen LogP contribution is -2.37. The minimum atomic E-state index is -0.268. The average Bonchev–Trinajstić information content (AvgIpc) is 3.41. The second-order valence-electron chi connectivity index (χ2n) is 9.26. The molecule has 3 saturated carbocycles. The van der Waals surface area contributed by atoms with Crippen molar-refractivity contribution >= 4 is 22.6 Å². The SMILES string of the molecule is COC(=O)C12CC(COc3cccc4c(NCc5ccc(OC)cc5OC)nccc34)C(C1)C2. The lowest BCUT2D eigenvalue weighted by atomic mass is 9.69.